The molecule has 2 heterocycles. The SMILES string of the molecule is CC1OC(OC2C=C3CCC4C(CCC5(C)C(C6=CC(=O)OC6)CCC45O)C3(C)CC2)CC(O)C1O. The Morgan fingerprint density at radius 1 is 1.06 bits per heavy atom. The van der Waals surface area contributed by atoms with Crippen LogP contribution in [-0.2, 0) is 19.0 Å². The topological polar surface area (TPSA) is 105 Å². The normalized spacial score (nSPS) is 52.6. The van der Waals surface area contributed by atoms with Gasteiger partial charge >= 0.3 is 5.97 Å². The predicted octanol–water partition coefficient (Wildman–Crippen LogP) is 3.41. The molecule has 0 aromatic carbocycles. The van der Waals surface area contributed by atoms with Crippen LogP contribution in [-0.4, -0.2) is 64.2 Å². The molecule has 4 aliphatic carbocycles. The zero-order chi connectivity index (χ0) is 25.5. The third-order valence-corrected chi connectivity index (χ3v) is 11.4. The van der Waals surface area contributed by atoms with Gasteiger partial charge in [0.25, 0.3) is 0 Å². The number of aliphatic hydroxyl groups is 3. The van der Waals surface area contributed by atoms with E-state index in [1.165, 1.54) is 5.57 Å². The Morgan fingerprint density at radius 3 is 2.58 bits per heavy atom. The molecule has 6 rings (SSSR count). The van der Waals surface area contributed by atoms with Crippen molar-refractivity contribution in [3.8, 4) is 0 Å². The lowest BCUT2D eigenvalue weighted by Gasteiger charge is -2.62. The summed E-state index contributed by atoms with van der Waals surface area (Å²) in [5.74, 6) is 0.679. The van der Waals surface area contributed by atoms with Gasteiger partial charge in [0, 0.05) is 17.9 Å². The van der Waals surface area contributed by atoms with Gasteiger partial charge in [-0.25, -0.2) is 4.79 Å². The molecule has 11 unspecified atom stereocenters. The van der Waals surface area contributed by atoms with E-state index in [0.29, 0.717) is 12.5 Å². The average molecular weight is 503 g/mol. The lowest BCUT2D eigenvalue weighted by Crippen LogP contribution is -2.61. The van der Waals surface area contributed by atoms with Gasteiger partial charge in [-0.15, -0.1) is 0 Å². The van der Waals surface area contributed by atoms with Crippen molar-refractivity contribution in [3.63, 3.8) is 0 Å². The number of hydrogen-bond donors (Lipinski definition) is 3. The number of allylic oxidation sites excluding steroid dienone is 1. The Kier molecular flexibility index (Phi) is 6.01. The summed E-state index contributed by atoms with van der Waals surface area (Å²) < 4.78 is 17.3. The van der Waals surface area contributed by atoms with Crippen molar-refractivity contribution < 1.29 is 34.3 Å². The standard InChI is InChI=1S/C29H42O7/c1-16-26(32)23(30)14-25(35-16)36-19-6-9-27(2)18(13-19)4-5-22-21(27)7-10-28(3)20(8-11-29(22,28)33)17-12-24(31)34-15-17/h12-13,16,19-23,25-26,30,32-33H,4-11,14-15H2,1-3H3. The molecular formula is C29H42O7. The molecule has 3 N–H and O–H groups in total. The van der Waals surface area contributed by atoms with E-state index >= 15 is 0 Å². The maximum atomic E-state index is 12.3. The Labute approximate surface area is 213 Å². The van der Waals surface area contributed by atoms with E-state index in [-0.39, 0.29) is 41.2 Å². The van der Waals surface area contributed by atoms with Crippen LogP contribution in [0.5, 0.6) is 0 Å². The maximum absolute atomic E-state index is 12.3. The summed E-state index contributed by atoms with van der Waals surface area (Å²) in [6.07, 6.45) is 9.19. The minimum absolute atomic E-state index is 0.0519. The molecule has 11 atom stereocenters. The number of cyclic esters (lactones) is 1. The van der Waals surface area contributed by atoms with Crippen molar-refractivity contribution in [1.82, 2.24) is 0 Å². The first-order valence-electron chi connectivity index (χ1n) is 14.0. The third kappa shape index (κ3) is 3.60. The van der Waals surface area contributed by atoms with Gasteiger partial charge in [0.2, 0.25) is 0 Å². The Hall–Kier alpha value is -1.25. The number of fused-ring (bicyclic) bond motifs is 5. The van der Waals surface area contributed by atoms with E-state index in [1.54, 1.807) is 13.0 Å². The molecule has 0 bridgehead atoms. The van der Waals surface area contributed by atoms with Crippen LogP contribution in [0, 0.1) is 28.6 Å². The molecule has 0 radical (unpaired) electrons. The lowest BCUT2D eigenvalue weighted by atomic mass is 9.45. The van der Waals surface area contributed by atoms with Crippen LogP contribution in [0.25, 0.3) is 0 Å². The number of hydrogen-bond acceptors (Lipinski definition) is 7. The summed E-state index contributed by atoms with van der Waals surface area (Å²) in [5.41, 5.74) is 1.65. The van der Waals surface area contributed by atoms with Crippen LogP contribution in [0.4, 0.5) is 0 Å². The van der Waals surface area contributed by atoms with Gasteiger partial charge in [-0.05, 0) is 87.0 Å². The van der Waals surface area contributed by atoms with Crippen LogP contribution in [0.3, 0.4) is 0 Å². The van der Waals surface area contributed by atoms with E-state index in [4.69, 9.17) is 14.2 Å². The molecule has 0 amide bonds. The van der Waals surface area contributed by atoms with Crippen LogP contribution in [0.1, 0.15) is 78.6 Å². The predicted molar refractivity (Wildman–Crippen MR) is 132 cm³/mol. The lowest BCUT2D eigenvalue weighted by molar-refractivity contribution is -0.256. The molecule has 4 fully saturated rings. The minimum atomic E-state index is -0.871. The van der Waals surface area contributed by atoms with Gasteiger partial charge in [0.1, 0.15) is 12.7 Å². The Morgan fingerprint density at radius 2 is 1.86 bits per heavy atom. The number of aliphatic hydroxyl groups excluding tert-OH is 2. The zero-order valence-corrected chi connectivity index (χ0v) is 21.8. The average Bonchev–Trinajstić information content (AvgIpc) is 3.37. The highest BCUT2D eigenvalue weighted by Gasteiger charge is 2.67. The summed E-state index contributed by atoms with van der Waals surface area (Å²) in [7, 11) is 0. The summed E-state index contributed by atoms with van der Waals surface area (Å²) >= 11 is 0. The molecule has 7 nitrogen and oxygen atoms in total. The van der Waals surface area contributed by atoms with Crippen molar-refractivity contribution in [3.05, 3.63) is 23.3 Å². The van der Waals surface area contributed by atoms with Gasteiger partial charge in [0.05, 0.1) is 23.9 Å². The second-order valence-electron chi connectivity index (χ2n) is 12.9. The van der Waals surface area contributed by atoms with Crippen molar-refractivity contribution in [2.45, 2.75) is 115 Å². The minimum Gasteiger partial charge on any atom is -0.458 e. The van der Waals surface area contributed by atoms with Crippen LogP contribution in [0.15, 0.2) is 23.3 Å². The second kappa shape index (κ2) is 8.63. The Balaban J connectivity index is 1.20. The third-order valence-electron chi connectivity index (χ3n) is 11.4. The van der Waals surface area contributed by atoms with E-state index in [1.807, 2.05) is 0 Å². The van der Waals surface area contributed by atoms with Crippen LogP contribution < -0.4 is 0 Å². The number of carbonyl (C=O) groups excluding carboxylic acids is 1. The highest BCUT2D eigenvalue weighted by molar-refractivity contribution is 5.85. The molecule has 3 saturated carbocycles. The highest BCUT2D eigenvalue weighted by atomic mass is 16.7. The first kappa shape index (κ1) is 25.1. The van der Waals surface area contributed by atoms with E-state index in [2.05, 4.69) is 19.9 Å². The number of esters is 1. The van der Waals surface area contributed by atoms with Crippen molar-refractivity contribution in [1.29, 1.82) is 0 Å². The largest absolute Gasteiger partial charge is 0.458 e. The monoisotopic (exact) mass is 502 g/mol. The molecule has 6 aliphatic rings. The highest BCUT2D eigenvalue weighted by Crippen LogP contribution is 2.69. The van der Waals surface area contributed by atoms with E-state index in [9.17, 15) is 20.1 Å². The smallest absolute Gasteiger partial charge is 0.331 e. The summed E-state index contributed by atoms with van der Waals surface area (Å²) in [6, 6.07) is 0. The molecule has 200 valence electrons. The first-order valence-corrected chi connectivity index (χ1v) is 14.0. The van der Waals surface area contributed by atoms with Crippen molar-refractivity contribution in [2.24, 2.45) is 28.6 Å². The van der Waals surface area contributed by atoms with Crippen molar-refractivity contribution in [2.75, 3.05) is 6.61 Å². The molecule has 1 saturated heterocycles. The summed E-state index contributed by atoms with van der Waals surface area (Å²) in [6.45, 7) is 6.81. The summed E-state index contributed by atoms with van der Waals surface area (Å²) in [5, 5.41) is 32.5. The fraction of sp³-hybridized carbons (Fsp3) is 0.828. The molecular weight excluding hydrogens is 460 g/mol. The fourth-order valence-electron chi connectivity index (χ4n) is 9.27. The Bertz CT molecular complexity index is 963. The van der Waals surface area contributed by atoms with Crippen LogP contribution >= 0.6 is 0 Å². The van der Waals surface area contributed by atoms with E-state index in [0.717, 1.165) is 56.9 Å². The molecule has 2 aliphatic heterocycles. The number of carbonyl (C=O) groups is 1. The molecule has 0 aromatic heterocycles. The second-order valence-corrected chi connectivity index (χ2v) is 12.9. The zero-order valence-electron chi connectivity index (χ0n) is 21.8. The van der Waals surface area contributed by atoms with Gasteiger partial charge in [0.15, 0.2) is 6.29 Å². The number of ether oxygens (including phenoxy) is 3. The molecule has 0 spiro atoms. The molecule has 0 aromatic rings. The van der Waals surface area contributed by atoms with Crippen LogP contribution in [0.2, 0.25) is 0 Å². The van der Waals surface area contributed by atoms with Gasteiger partial charge < -0.3 is 29.5 Å². The first-order chi connectivity index (χ1) is 17.0. The number of rotatable bonds is 3. The maximum Gasteiger partial charge on any atom is 0.331 e. The quantitative estimate of drug-likeness (QED) is 0.401. The fourth-order valence-corrected chi connectivity index (χ4v) is 9.27. The van der Waals surface area contributed by atoms with Gasteiger partial charge in [-0.3, -0.25) is 0 Å². The molecule has 36 heavy (non-hydrogen) atoms. The van der Waals surface area contributed by atoms with Gasteiger partial charge in [-0.2, -0.15) is 0 Å². The van der Waals surface area contributed by atoms with Gasteiger partial charge in [-0.1, -0.05) is 25.5 Å². The van der Waals surface area contributed by atoms with Crippen molar-refractivity contribution >= 4 is 5.97 Å². The summed E-state index contributed by atoms with van der Waals surface area (Å²) in [4.78, 5) is 11.8. The van der Waals surface area contributed by atoms with E-state index < -0.39 is 30.2 Å². The molecule has 7 heteroatoms.